The van der Waals surface area contributed by atoms with Gasteiger partial charge in [0, 0.05) is 17.0 Å². The van der Waals surface area contributed by atoms with E-state index in [-0.39, 0.29) is 10.9 Å². The van der Waals surface area contributed by atoms with Crippen LogP contribution in [-0.4, -0.2) is 12.1 Å². The van der Waals surface area contributed by atoms with Crippen LogP contribution in [0.3, 0.4) is 0 Å². The molecule has 0 bridgehead atoms. The Morgan fingerprint density at radius 1 is 1.00 bits per heavy atom. The van der Waals surface area contributed by atoms with Crippen molar-refractivity contribution in [2.24, 2.45) is 0 Å². The Morgan fingerprint density at radius 2 is 1.74 bits per heavy atom. The summed E-state index contributed by atoms with van der Waals surface area (Å²) in [6, 6.07) is 12.2. The molecule has 6 heteroatoms. The SMILES string of the molecule is COc1cccc(-c2ccc3[nH]c(=O)cc(C(F)(F)F)c3c2)c1. The summed E-state index contributed by atoms with van der Waals surface area (Å²) in [5, 5.41) is -0.0441. The van der Waals surface area contributed by atoms with Crippen molar-refractivity contribution < 1.29 is 17.9 Å². The van der Waals surface area contributed by atoms with Crippen molar-refractivity contribution >= 4 is 10.9 Å². The van der Waals surface area contributed by atoms with Gasteiger partial charge in [-0.1, -0.05) is 18.2 Å². The molecular formula is C17H12F3NO2. The molecule has 23 heavy (non-hydrogen) atoms. The number of methoxy groups -OCH3 is 1. The Labute approximate surface area is 129 Å². The number of aromatic nitrogens is 1. The molecule has 0 radical (unpaired) electrons. The van der Waals surface area contributed by atoms with Gasteiger partial charge < -0.3 is 9.72 Å². The molecule has 0 spiro atoms. The van der Waals surface area contributed by atoms with Crippen LogP contribution in [0.5, 0.6) is 5.75 Å². The first-order chi connectivity index (χ1) is 10.9. The maximum Gasteiger partial charge on any atom is 0.417 e. The number of ether oxygens (including phenoxy) is 1. The van der Waals surface area contributed by atoms with Gasteiger partial charge in [0.05, 0.1) is 12.7 Å². The number of fused-ring (bicyclic) bond motifs is 1. The highest BCUT2D eigenvalue weighted by Gasteiger charge is 2.33. The number of H-pyrrole nitrogens is 1. The van der Waals surface area contributed by atoms with Crippen LogP contribution in [0.1, 0.15) is 5.56 Å². The minimum absolute atomic E-state index is 0.0441. The van der Waals surface area contributed by atoms with Crippen LogP contribution in [0.15, 0.2) is 53.3 Å². The van der Waals surface area contributed by atoms with Crippen molar-refractivity contribution in [3.63, 3.8) is 0 Å². The lowest BCUT2D eigenvalue weighted by Gasteiger charge is -2.11. The van der Waals surface area contributed by atoms with Crippen molar-refractivity contribution in [2.75, 3.05) is 7.11 Å². The van der Waals surface area contributed by atoms with E-state index in [1.807, 2.05) is 0 Å². The first-order valence-electron chi connectivity index (χ1n) is 6.77. The number of alkyl halides is 3. The summed E-state index contributed by atoms with van der Waals surface area (Å²) < 4.78 is 44.7. The standard InChI is InChI=1S/C17H12F3NO2/c1-23-12-4-2-3-10(7-12)11-5-6-15-13(8-11)14(17(18,19)20)9-16(22)21-15/h2-9H,1H3,(H,21,22). The Kier molecular flexibility index (Phi) is 3.60. The van der Waals surface area contributed by atoms with Gasteiger partial charge in [-0.15, -0.1) is 0 Å². The summed E-state index contributed by atoms with van der Waals surface area (Å²) in [7, 11) is 1.52. The summed E-state index contributed by atoms with van der Waals surface area (Å²) in [6.45, 7) is 0. The minimum atomic E-state index is -4.60. The van der Waals surface area contributed by atoms with Gasteiger partial charge in [0.1, 0.15) is 5.75 Å². The summed E-state index contributed by atoms with van der Waals surface area (Å²) >= 11 is 0. The molecule has 0 saturated carbocycles. The number of pyridine rings is 1. The van der Waals surface area contributed by atoms with Crippen LogP contribution >= 0.6 is 0 Å². The molecule has 118 valence electrons. The number of rotatable bonds is 2. The average molecular weight is 319 g/mol. The molecule has 1 N–H and O–H groups in total. The fraction of sp³-hybridized carbons (Fsp3) is 0.118. The average Bonchev–Trinajstić information content (AvgIpc) is 2.53. The lowest BCUT2D eigenvalue weighted by atomic mass is 10.0. The third-order valence-corrected chi connectivity index (χ3v) is 3.55. The fourth-order valence-corrected chi connectivity index (χ4v) is 2.47. The van der Waals surface area contributed by atoms with E-state index in [4.69, 9.17) is 4.74 Å². The van der Waals surface area contributed by atoms with Crippen molar-refractivity contribution in [2.45, 2.75) is 6.18 Å². The molecule has 0 aliphatic rings. The zero-order valence-electron chi connectivity index (χ0n) is 12.1. The predicted octanol–water partition coefficient (Wildman–Crippen LogP) is 4.22. The van der Waals surface area contributed by atoms with Crippen LogP contribution in [-0.2, 0) is 6.18 Å². The van der Waals surface area contributed by atoms with Crippen molar-refractivity contribution in [1.29, 1.82) is 0 Å². The van der Waals surface area contributed by atoms with E-state index in [9.17, 15) is 18.0 Å². The second-order valence-corrected chi connectivity index (χ2v) is 5.04. The van der Waals surface area contributed by atoms with Crippen LogP contribution < -0.4 is 10.3 Å². The molecule has 2 aromatic carbocycles. The first-order valence-corrected chi connectivity index (χ1v) is 6.77. The van der Waals surface area contributed by atoms with E-state index in [0.29, 0.717) is 17.4 Å². The number of hydrogen-bond acceptors (Lipinski definition) is 2. The lowest BCUT2D eigenvalue weighted by Crippen LogP contribution is -2.13. The van der Waals surface area contributed by atoms with E-state index in [1.54, 1.807) is 30.3 Å². The highest BCUT2D eigenvalue weighted by atomic mass is 19.4. The number of hydrogen-bond donors (Lipinski definition) is 1. The molecule has 3 nitrogen and oxygen atoms in total. The predicted molar refractivity (Wildman–Crippen MR) is 81.6 cm³/mol. The van der Waals surface area contributed by atoms with Gasteiger partial charge in [0.15, 0.2) is 0 Å². The Bertz CT molecular complexity index is 929. The Morgan fingerprint density at radius 3 is 2.43 bits per heavy atom. The molecule has 0 unspecified atom stereocenters. The fourth-order valence-electron chi connectivity index (χ4n) is 2.47. The maximum absolute atomic E-state index is 13.2. The van der Waals surface area contributed by atoms with Gasteiger partial charge in [-0.3, -0.25) is 4.79 Å². The second-order valence-electron chi connectivity index (χ2n) is 5.04. The summed E-state index contributed by atoms with van der Waals surface area (Å²) in [5.41, 5.74) is -0.240. The molecule has 3 aromatic rings. The topological polar surface area (TPSA) is 42.1 Å². The minimum Gasteiger partial charge on any atom is -0.497 e. The van der Waals surface area contributed by atoms with E-state index in [0.717, 1.165) is 5.56 Å². The molecule has 0 aliphatic heterocycles. The van der Waals surface area contributed by atoms with Crippen LogP contribution in [0.2, 0.25) is 0 Å². The monoisotopic (exact) mass is 319 g/mol. The van der Waals surface area contributed by atoms with E-state index >= 15 is 0 Å². The molecule has 0 aliphatic carbocycles. The number of halogens is 3. The quantitative estimate of drug-likeness (QED) is 0.768. The first kappa shape index (κ1) is 15.1. The number of nitrogens with one attached hydrogen (secondary N) is 1. The summed E-state index contributed by atoms with van der Waals surface area (Å²) in [6.07, 6.45) is -4.60. The van der Waals surface area contributed by atoms with Gasteiger partial charge in [-0.05, 0) is 35.4 Å². The zero-order chi connectivity index (χ0) is 16.6. The molecule has 0 fully saturated rings. The molecule has 1 heterocycles. The van der Waals surface area contributed by atoms with Crippen LogP contribution in [0.4, 0.5) is 13.2 Å². The van der Waals surface area contributed by atoms with Gasteiger partial charge in [-0.25, -0.2) is 0 Å². The van der Waals surface area contributed by atoms with Crippen LogP contribution in [0.25, 0.3) is 22.0 Å². The van der Waals surface area contributed by atoms with Gasteiger partial charge in [-0.2, -0.15) is 13.2 Å². The van der Waals surface area contributed by atoms with Crippen LogP contribution in [0, 0.1) is 0 Å². The molecular weight excluding hydrogens is 307 g/mol. The molecule has 0 atom stereocenters. The molecule has 0 amide bonds. The number of aromatic amines is 1. The van der Waals surface area contributed by atoms with E-state index in [2.05, 4.69) is 4.98 Å². The molecule has 3 rings (SSSR count). The Hall–Kier alpha value is -2.76. The third kappa shape index (κ3) is 2.92. The van der Waals surface area contributed by atoms with Gasteiger partial charge in [0.25, 0.3) is 0 Å². The van der Waals surface area contributed by atoms with Gasteiger partial charge in [0.2, 0.25) is 5.56 Å². The van der Waals surface area contributed by atoms with E-state index < -0.39 is 17.3 Å². The second kappa shape index (κ2) is 5.46. The summed E-state index contributed by atoms with van der Waals surface area (Å²) in [4.78, 5) is 13.8. The van der Waals surface area contributed by atoms with Crippen molar-refractivity contribution in [1.82, 2.24) is 4.98 Å². The third-order valence-electron chi connectivity index (χ3n) is 3.55. The highest BCUT2D eigenvalue weighted by Crippen LogP contribution is 2.35. The lowest BCUT2D eigenvalue weighted by molar-refractivity contribution is -0.136. The van der Waals surface area contributed by atoms with Gasteiger partial charge >= 0.3 is 6.18 Å². The molecule has 0 saturated heterocycles. The normalized spacial score (nSPS) is 11.7. The smallest absolute Gasteiger partial charge is 0.417 e. The maximum atomic E-state index is 13.2. The highest BCUT2D eigenvalue weighted by molar-refractivity contribution is 5.87. The Balaban J connectivity index is 2.25. The van der Waals surface area contributed by atoms with Crippen molar-refractivity contribution in [3.05, 3.63) is 64.4 Å². The zero-order valence-corrected chi connectivity index (χ0v) is 12.1. The number of benzene rings is 2. The largest absolute Gasteiger partial charge is 0.497 e. The van der Waals surface area contributed by atoms with Crippen molar-refractivity contribution in [3.8, 4) is 16.9 Å². The van der Waals surface area contributed by atoms with E-state index in [1.165, 1.54) is 19.2 Å². The molecule has 1 aromatic heterocycles. The summed E-state index contributed by atoms with van der Waals surface area (Å²) in [5.74, 6) is 0.611.